The Morgan fingerprint density at radius 2 is 1.92 bits per heavy atom. The molecule has 6 rings (SSSR count). The standard InChI is InChI=1S/C27H33NO11/c1-3-36-26(34)11-4-10-5-12-14(7-28-25(12)33)15-9-37-23-18(15)17(10)13(6-11)22(24(23)35-2)39-27-21(32)20(31)19(30)16(8-29)38-27/h9-12,14,16,19-21,27,29-32H,3-8H2,1-2H3,(H,28,33)/t10-,11-,12+,14-,16+,19+,20-,21+,27-/m0/s1. The molecule has 2 saturated heterocycles. The van der Waals surface area contributed by atoms with E-state index in [1.165, 1.54) is 7.11 Å². The number of nitrogens with one attached hydrogen (secondary N) is 1. The molecule has 2 aliphatic carbocycles. The number of rotatable bonds is 6. The lowest BCUT2D eigenvalue weighted by atomic mass is 9.72. The van der Waals surface area contributed by atoms with Crippen molar-refractivity contribution >= 4 is 22.8 Å². The molecule has 0 spiro atoms. The van der Waals surface area contributed by atoms with E-state index in [0.717, 1.165) is 16.5 Å². The largest absolute Gasteiger partial charge is 0.490 e. The molecular weight excluding hydrogens is 514 g/mol. The lowest BCUT2D eigenvalue weighted by Gasteiger charge is -2.40. The van der Waals surface area contributed by atoms with E-state index in [0.29, 0.717) is 30.5 Å². The fourth-order valence-corrected chi connectivity index (χ4v) is 6.86. The quantitative estimate of drug-likeness (QED) is 0.309. The maximum absolute atomic E-state index is 13.0. The van der Waals surface area contributed by atoms with E-state index in [-0.39, 0.29) is 54.2 Å². The smallest absolute Gasteiger partial charge is 0.309 e. The Morgan fingerprint density at radius 1 is 1.13 bits per heavy atom. The topological polar surface area (TPSA) is 177 Å². The monoisotopic (exact) mass is 547 g/mol. The van der Waals surface area contributed by atoms with Crippen LogP contribution in [0.4, 0.5) is 0 Å². The van der Waals surface area contributed by atoms with Crippen LogP contribution in [0, 0.1) is 11.8 Å². The second kappa shape index (κ2) is 9.93. The van der Waals surface area contributed by atoms with E-state index in [9.17, 15) is 30.0 Å². The first-order valence-electron chi connectivity index (χ1n) is 13.3. The van der Waals surface area contributed by atoms with Crippen molar-refractivity contribution in [2.45, 2.75) is 68.7 Å². The molecule has 9 atom stereocenters. The predicted molar refractivity (Wildman–Crippen MR) is 132 cm³/mol. The first-order valence-corrected chi connectivity index (χ1v) is 13.3. The van der Waals surface area contributed by atoms with E-state index in [1.54, 1.807) is 13.2 Å². The molecule has 4 aliphatic rings. The van der Waals surface area contributed by atoms with E-state index in [4.69, 9.17) is 23.4 Å². The number of benzene rings is 1. The highest BCUT2D eigenvalue weighted by atomic mass is 16.7. The summed E-state index contributed by atoms with van der Waals surface area (Å²) in [5.74, 6) is -1.11. The van der Waals surface area contributed by atoms with Crippen molar-refractivity contribution in [2.24, 2.45) is 11.8 Å². The lowest BCUT2D eigenvalue weighted by Crippen LogP contribution is -2.60. The van der Waals surface area contributed by atoms with Gasteiger partial charge in [-0.25, -0.2) is 0 Å². The molecule has 0 bridgehead atoms. The fraction of sp³-hybridized carbons (Fsp3) is 0.630. The van der Waals surface area contributed by atoms with Gasteiger partial charge < -0.3 is 49.1 Å². The van der Waals surface area contributed by atoms with Crippen LogP contribution in [-0.2, 0) is 25.5 Å². The number of carbonyl (C=O) groups excluding carboxylic acids is 2. The number of fused-ring (bicyclic) bond motifs is 2. The number of methoxy groups -OCH3 is 1. The second-order valence-corrected chi connectivity index (χ2v) is 10.7. The minimum absolute atomic E-state index is 0.0354. The molecule has 0 radical (unpaired) electrons. The summed E-state index contributed by atoms with van der Waals surface area (Å²) in [5.41, 5.74) is 2.84. The zero-order chi connectivity index (χ0) is 27.6. The molecule has 1 aromatic carbocycles. The third-order valence-corrected chi connectivity index (χ3v) is 8.69. The zero-order valence-corrected chi connectivity index (χ0v) is 21.7. The summed E-state index contributed by atoms with van der Waals surface area (Å²) < 4.78 is 29.0. The maximum Gasteiger partial charge on any atom is 0.309 e. The summed E-state index contributed by atoms with van der Waals surface area (Å²) in [5, 5.41) is 44.7. The van der Waals surface area contributed by atoms with Crippen molar-refractivity contribution in [3.05, 3.63) is 23.0 Å². The molecule has 12 nitrogen and oxygen atoms in total. The van der Waals surface area contributed by atoms with Gasteiger partial charge in [0.2, 0.25) is 17.9 Å². The highest BCUT2D eigenvalue weighted by molar-refractivity contribution is 5.97. The highest BCUT2D eigenvalue weighted by Gasteiger charge is 2.49. The molecule has 1 aromatic heterocycles. The molecule has 3 heterocycles. The summed E-state index contributed by atoms with van der Waals surface area (Å²) in [6.45, 7) is 1.83. The van der Waals surface area contributed by atoms with Crippen LogP contribution < -0.4 is 14.8 Å². The molecule has 12 heteroatoms. The molecule has 1 amide bonds. The van der Waals surface area contributed by atoms with Crippen LogP contribution >= 0.6 is 0 Å². The molecule has 0 unspecified atom stereocenters. The minimum atomic E-state index is -1.65. The van der Waals surface area contributed by atoms with Crippen molar-refractivity contribution in [3.63, 3.8) is 0 Å². The normalized spacial score (nSPS) is 35.2. The Balaban J connectivity index is 1.53. The fourth-order valence-electron chi connectivity index (χ4n) is 6.86. The average Bonchev–Trinajstić information content (AvgIpc) is 3.48. The summed E-state index contributed by atoms with van der Waals surface area (Å²) in [4.78, 5) is 25.8. The number of hydrogen-bond donors (Lipinski definition) is 5. The number of aliphatic hydroxyl groups is 4. The SMILES string of the molecule is CCOC(=O)[C@@H]1Cc2c(O[C@@H]3O[C@H](CO)[C@@H](O)[C@H](O)[C@H]3O)c(OC)c3occ4c3c2[C@@H](C1)C[C@H]1C(=O)NC[C@H]41. The van der Waals surface area contributed by atoms with Gasteiger partial charge in [0.1, 0.15) is 24.4 Å². The van der Waals surface area contributed by atoms with Crippen molar-refractivity contribution in [3.8, 4) is 11.5 Å². The molecule has 212 valence electrons. The van der Waals surface area contributed by atoms with E-state index in [1.807, 2.05) is 0 Å². The van der Waals surface area contributed by atoms with Gasteiger partial charge in [0.05, 0.1) is 32.5 Å². The average molecular weight is 548 g/mol. The van der Waals surface area contributed by atoms with Crippen molar-refractivity contribution < 1.29 is 53.4 Å². The van der Waals surface area contributed by atoms with Gasteiger partial charge in [0.15, 0.2) is 11.3 Å². The van der Waals surface area contributed by atoms with Gasteiger partial charge in [0.25, 0.3) is 0 Å². The van der Waals surface area contributed by atoms with Crippen molar-refractivity contribution in [1.82, 2.24) is 5.32 Å². The molecule has 0 saturated carbocycles. The van der Waals surface area contributed by atoms with Crippen molar-refractivity contribution in [2.75, 3.05) is 26.9 Å². The third-order valence-electron chi connectivity index (χ3n) is 8.69. The molecule has 2 fully saturated rings. The van der Waals surface area contributed by atoms with Gasteiger partial charge in [0, 0.05) is 34.9 Å². The third kappa shape index (κ3) is 4.00. The molecular formula is C27H33NO11. The Morgan fingerprint density at radius 3 is 2.64 bits per heavy atom. The van der Waals surface area contributed by atoms with Crippen LogP contribution in [0.25, 0.3) is 11.0 Å². The Bertz CT molecular complexity index is 1290. The van der Waals surface area contributed by atoms with Gasteiger partial charge in [-0.05, 0) is 37.7 Å². The number of amides is 1. The van der Waals surface area contributed by atoms with E-state index >= 15 is 0 Å². The Hall–Kier alpha value is -2.90. The maximum atomic E-state index is 13.0. The Labute approximate surface area is 223 Å². The Kier molecular flexibility index (Phi) is 6.71. The van der Waals surface area contributed by atoms with Crippen molar-refractivity contribution in [1.29, 1.82) is 0 Å². The summed E-state index contributed by atoms with van der Waals surface area (Å²) >= 11 is 0. The van der Waals surface area contributed by atoms with Crippen LogP contribution in [0.5, 0.6) is 11.5 Å². The predicted octanol–water partition coefficient (Wildman–Crippen LogP) is 0.0625. The molecule has 2 aliphatic heterocycles. The van der Waals surface area contributed by atoms with Crippen LogP contribution in [0.15, 0.2) is 10.7 Å². The van der Waals surface area contributed by atoms with Crippen LogP contribution in [-0.4, -0.2) is 89.9 Å². The number of aliphatic hydroxyl groups excluding tert-OH is 4. The van der Waals surface area contributed by atoms with Gasteiger partial charge in [-0.2, -0.15) is 0 Å². The highest BCUT2D eigenvalue weighted by Crippen LogP contribution is 2.57. The molecule has 5 N–H and O–H groups in total. The second-order valence-electron chi connectivity index (χ2n) is 10.7. The molecule has 39 heavy (non-hydrogen) atoms. The summed E-state index contributed by atoms with van der Waals surface area (Å²) in [7, 11) is 1.44. The minimum Gasteiger partial charge on any atom is -0.490 e. The van der Waals surface area contributed by atoms with Crippen LogP contribution in [0.1, 0.15) is 48.3 Å². The first kappa shape index (κ1) is 26.3. The molecule has 2 aromatic rings. The first-order chi connectivity index (χ1) is 18.8. The summed E-state index contributed by atoms with van der Waals surface area (Å²) in [6, 6.07) is 0. The number of ether oxygens (including phenoxy) is 4. The van der Waals surface area contributed by atoms with Crippen LogP contribution in [0.3, 0.4) is 0 Å². The van der Waals surface area contributed by atoms with E-state index < -0.39 is 43.2 Å². The van der Waals surface area contributed by atoms with E-state index in [2.05, 4.69) is 5.32 Å². The van der Waals surface area contributed by atoms with Crippen LogP contribution in [0.2, 0.25) is 0 Å². The number of furan rings is 1. The number of hydrogen-bond acceptors (Lipinski definition) is 11. The number of carbonyl (C=O) groups is 2. The van der Waals surface area contributed by atoms with Gasteiger partial charge in [-0.3, -0.25) is 9.59 Å². The van der Waals surface area contributed by atoms with Gasteiger partial charge in [-0.15, -0.1) is 0 Å². The summed E-state index contributed by atoms with van der Waals surface area (Å²) in [6.07, 6.45) is -4.59. The number of esters is 1. The lowest BCUT2D eigenvalue weighted by molar-refractivity contribution is -0.277. The van der Waals surface area contributed by atoms with Gasteiger partial charge >= 0.3 is 5.97 Å². The zero-order valence-electron chi connectivity index (χ0n) is 21.7. The van der Waals surface area contributed by atoms with Gasteiger partial charge in [-0.1, -0.05) is 0 Å².